The first kappa shape index (κ1) is 29.1. The Morgan fingerprint density at radius 1 is 0.951 bits per heavy atom. The highest BCUT2D eigenvalue weighted by Gasteiger charge is 2.22. The molecule has 0 atom stereocenters. The fourth-order valence-corrected chi connectivity index (χ4v) is 6.05. The normalized spacial score (nSPS) is 11.1. The molecule has 7 nitrogen and oxygen atoms in total. The van der Waals surface area contributed by atoms with Gasteiger partial charge in [-0.2, -0.15) is 5.10 Å². The van der Waals surface area contributed by atoms with Crippen LogP contribution in [0.4, 0.5) is 0 Å². The van der Waals surface area contributed by atoms with Gasteiger partial charge in [0.15, 0.2) is 5.75 Å². The molecule has 0 radical (unpaired) electrons. The van der Waals surface area contributed by atoms with Crippen LogP contribution in [0, 0.1) is 0 Å². The predicted octanol–water partition coefficient (Wildman–Crippen LogP) is 8.77. The molecule has 0 saturated heterocycles. The molecule has 0 aliphatic heterocycles. The van der Waals surface area contributed by atoms with Crippen LogP contribution >= 0.6 is 59.4 Å². The lowest BCUT2D eigenvalue weighted by Gasteiger charge is -2.11. The number of hydrogen-bond acceptors (Lipinski definition) is 5. The Labute approximate surface area is 265 Å². The Kier molecular flexibility index (Phi) is 8.94. The van der Waals surface area contributed by atoms with E-state index >= 15 is 0 Å². The molecule has 1 heterocycles. The highest BCUT2D eigenvalue weighted by Crippen LogP contribution is 2.39. The summed E-state index contributed by atoms with van der Waals surface area (Å²) in [7, 11) is 1.56. The predicted molar refractivity (Wildman–Crippen MR) is 171 cm³/mol. The van der Waals surface area contributed by atoms with Crippen LogP contribution in [0.25, 0.3) is 22.0 Å². The number of methoxy groups -OCH3 is 1. The second kappa shape index (κ2) is 12.6. The number of carbonyl (C=O) groups excluding carboxylic acids is 2. The number of esters is 1. The molecule has 1 amide bonds. The van der Waals surface area contributed by atoms with Crippen molar-refractivity contribution in [1.29, 1.82) is 0 Å². The van der Waals surface area contributed by atoms with Crippen molar-refractivity contribution in [3.05, 3.63) is 114 Å². The lowest BCUT2D eigenvalue weighted by Crippen LogP contribution is -2.19. The fraction of sp³-hybridized carbons (Fsp3) is 0.0333. The second-order valence-electron chi connectivity index (χ2n) is 8.64. The number of carbonyl (C=O) groups is 2. The molecule has 0 aliphatic carbocycles. The number of hydrogen-bond donors (Lipinski definition) is 2. The lowest BCUT2D eigenvalue weighted by atomic mass is 10.0. The van der Waals surface area contributed by atoms with E-state index in [1.807, 2.05) is 30.3 Å². The van der Waals surface area contributed by atoms with Gasteiger partial charge in [0.1, 0.15) is 11.4 Å². The van der Waals surface area contributed by atoms with Crippen molar-refractivity contribution in [2.24, 2.45) is 5.10 Å². The van der Waals surface area contributed by atoms with E-state index < -0.39 is 11.9 Å². The van der Waals surface area contributed by atoms with E-state index in [-0.39, 0.29) is 11.4 Å². The third kappa shape index (κ3) is 6.25. The monoisotopic (exact) mass is 757 g/mol. The molecule has 0 unspecified atom stereocenters. The van der Waals surface area contributed by atoms with Gasteiger partial charge >= 0.3 is 5.97 Å². The van der Waals surface area contributed by atoms with Gasteiger partial charge in [0, 0.05) is 36.0 Å². The van der Waals surface area contributed by atoms with E-state index in [0.717, 1.165) is 9.86 Å². The molecule has 41 heavy (non-hydrogen) atoms. The van der Waals surface area contributed by atoms with Crippen molar-refractivity contribution in [3.8, 4) is 22.6 Å². The number of H-pyrrole nitrogens is 1. The lowest BCUT2D eigenvalue weighted by molar-refractivity contribution is 0.0732. The van der Waals surface area contributed by atoms with Crippen LogP contribution in [-0.2, 0) is 0 Å². The summed E-state index contributed by atoms with van der Waals surface area (Å²) in [5.74, 6) is -0.228. The van der Waals surface area contributed by atoms with Crippen LogP contribution in [-0.4, -0.2) is 30.2 Å². The molecule has 0 spiro atoms. The average Bonchev–Trinajstić information content (AvgIpc) is 3.35. The standard InChI is InChI=1S/C30H19Br3ClN3O4/c1-40-24-8-4-6-21-25(20-5-2-3-7-23(20)34)27(36-26(21)24)29(38)37-35-15-17-13-19(32)14-22(33)28(17)41-30(39)16-9-11-18(31)12-10-16/h2-15,36H,1H3,(H,37,38). The average molecular weight is 761 g/mol. The maximum absolute atomic E-state index is 13.5. The van der Waals surface area contributed by atoms with Crippen molar-refractivity contribution in [2.75, 3.05) is 7.11 Å². The van der Waals surface area contributed by atoms with E-state index in [1.165, 1.54) is 6.21 Å². The second-order valence-corrected chi connectivity index (χ2v) is 11.7. The van der Waals surface area contributed by atoms with Crippen molar-refractivity contribution in [3.63, 3.8) is 0 Å². The Hall–Kier alpha value is -3.44. The number of hydrazone groups is 1. The summed E-state index contributed by atoms with van der Waals surface area (Å²) in [6.45, 7) is 0. The Balaban J connectivity index is 1.47. The van der Waals surface area contributed by atoms with Gasteiger partial charge in [-0.05, 0) is 64.5 Å². The van der Waals surface area contributed by atoms with Crippen molar-refractivity contribution >= 4 is 88.4 Å². The molecular weight excluding hydrogens is 742 g/mol. The molecule has 2 N–H and O–H groups in total. The molecular formula is C30H19Br3ClN3O4. The molecule has 0 aliphatic rings. The first-order valence-corrected chi connectivity index (χ1v) is 14.8. The van der Waals surface area contributed by atoms with Crippen molar-refractivity contribution in [2.45, 2.75) is 0 Å². The molecule has 0 fully saturated rings. The molecule has 1 aromatic heterocycles. The highest BCUT2D eigenvalue weighted by atomic mass is 79.9. The van der Waals surface area contributed by atoms with Gasteiger partial charge in [-0.15, -0.1) is 0 Å². The van der Waals surface area contributed by atoms with Crippen LogP contribution in [0.5, 0.6) is 11.5 Å². The topological polar surface area (TPSA) is 92.8 Å². The Bertz CT molecular complexity index is 1820. The summed E-state index contributed by atoms with van der Waals surface area (Å²) in [5.41, 5.74) is 5.60. The van der Waals surface area contributed by atoms with Crippen molar-refractivity contribution in [1.82, 2.24) is 10.4 Å². The Morgan fingerprint density at radius 2 is 1.71 bits per heavy atom. The summed E-state index contributed by atoms with van der Waals surface area (Å²) < 4.78 is 13.3. The summed E-state index contributed by atoms with van der Waals surface area (Å²) in [5, 5.41) is 5.43. The number of amides is 1. The van der Waals surface area contributed by atoms with E-state index in [1.54, 1.807) is 55.6 Å². The number of benzene rings is 4. The molecule has 0 saturated carbocycles. The van der Waals surface area contributed by atoms with E-state index in [9.17, 15) is 9.59 Å². The van der Waals surface area contributed by atoms with E-state index in [0.29, 0.717) is 47.5 Å². The number of aromatic nitrogens is 1. The minimum atomic E-state index is -0.546. The molecule has 5 rings (SSSR count). The number of nitrogens with one attached hydrogen (secondary N) is 2. The highest BCUT2D eigenvalue weighted by molar-refractivity contribution is 9.11. The number of ether oxygens (including phenoxy) is 2. The number of fused-ring (bicyclic) bond motifs is 1. The van der Waals surface area contributed by atoms with Gasteiger partial charge in [-0.1, -0.05) is 73.8 Å². The number of halogens is 4. The molecule has 11 heteroatoms. The van der Waals surface area contributed by atoms with Gasteiger partial charge in [0.2, 0.25) is 0 Å². The zero-order valence-electron chi connectivity index (χ0n) is 21.2. The quantitative estimate of drug-likeness (QED) is 0.0752. The molecule has 0 bridgehead atoms. The minimum Gasteiger partial charge on any atom is -0.495 e. The summed E-state index contributed by atoms with van der Waals surface area (Å²) in [4.78, 5) is 29.5. The van der Waals surface area contributed by atoms with Crippen LogP contribution in [0.2, 0.25) is 5.02 Å². The van der Waals surface area contributed by atoms with Crippen LogP contribution in [0.15, 0.2) is 97.4 Å². The third-order valence-corrected chi connectivity index (χ3v) is 7.97. The summed E-state index contributed by atoms with van der Waals surface area (Å²) in [6.07, 6.45) is 1.40. The van der Waals surface area contributed by atoms with E-state index in [2.05, 4.69) is 63.3 Å². The first-order chi connectivity index (χ1) is 19.8. The maximum Gasteiger partial charge on any atom is 0.343 e. The van der Waals surface area contributed by atoms with Gasteiger partial charge in [-0.25, -0.2) is 10.2 Å². The van der Waals surface area contributed by atoms with E-state index in [4.69, 9.17) is 21.1 Å². The van der Waals surface area contributed by atoms with Gasteiger partial charge in [0.05, 0.1) is 28.9 Å². The van der Waals surface area contributed by atoms with Gasteiger partial charge < -0.3 is 14.5 Å². The van der Waals surface area contributed by atoms with Gasteiger partial charge in [-0.3, -0.25) is 4.79 Å². The number of nitrogens with zero attached hydrogens (tertiary/aromatic N) is 1. The zero-order valence-corrected chi connectivity index (χ0v) is 26.7. The number of aromatic amines is 1. The first-order valence-electron chi connectivity index (χ1n) is 12.0. The maximum atomic E-state index is 13.5. The van der Waals surface area contributed by atoms with Gasteiger partial charge in [0.25, 0.3) is 5.91 Å². The van der Waals surface area contributed by atoms with Crippen LogP contribution < -0.4 is 14.9 Å². The largest absolute Gasteiger partial charge is 0.495 e. The molecule has 4 aromatic carbocycles. The smallest absolute Gasteiger partial charge is 0.343 e. The van der Waals surface area contributed by atoms with Crippen molar-refractivity contribution < 1.29 is 19.1 Å². The molecule has 206 valence electrons. The minimum absolute atomic E-state index is 0.242. The Morgan fingerprint density at radius 3 is 2.44 bits per heavy atom. The van der Waals surface area contributed by atoms with Crippen LogP contribution in [0.1, 0.15) is 26.4 Å². The third-order valence-electron chi connectivity index (χ3n) is 6.07. The fourth-order valence-electron chi connectivity index (χ4n) is 4.21. The SMILES string of the molecule is COc1cccc2c(-c3ccccc3Cl)c(C(=O)NN=Cc3cc(Br)cc(Br)c3OC(=O)c3ccc(Br)cc3)[nH]c12. The number of rotatable bonds is 7. The zero-order chi connectivity index (χ0) is 29.1. The summed E-state index contributed by atoms with van der Waals surface area (Å²) >= 11 is 16.8. The molecule has 5 aromatic rings. The van der Waals surface area contributed by atoms with Crippen LogP contribution in [0.3, 0.4) is 0 Å². The summed E-state index contributed by atoms with van der Waals surface area (Å²) in [6, 6.07) is 23.1. The number of para-hydroxylation sites is 1.